The van der Waals surface area contributed by atoms with E-state index in [0.29, 0.717) is 26.1 Å². The molecule has 0 saturated carbocycles. The van der Waals surface area contributed by atoms with Gasteiger partial charge in [-0.3, -0.25) is 4.79 Å². The molecule has 1 aromatic heterocycles. The summed E-state index contributed by atoms with van der Waals surface area (Å²) in [5.41, 5.74) is 3.16. The SMILES string of the molecule is COCc1nc(C)nc(N2CCN(C(=O)C(C)C)CC2)c1Cc1ccc(OC)cc1. The monoisotopic (exact) mass is 412 g/mol. The van der Waals surface area contributed by atoms with Crippen LogP contribution in [-0.4, -0.2) is 61.2 Å². The third-order valence-corrected chi connectivity index (χ3v) is 5.39. The molecule has 162 valence electrons. The lowest BCUT2D eigenvalue weighted by Crippen LogP contribution is -2.50. The van der Waals surface area contributed by atoms with Gasteiger partial charge in [0.05, 0.1) is 19.4 Å². The van der Waals surface area contributed by atoms with Crippen LogP contribution in [0, 0.1) is 12.8 Å². The van der Waals surface area contributed by atoms with E-state index in [0.717, 1.165) is 47.3 Å². The second-order valence-corrected chi connectivity index (χ2v) is 7.94. The van der Waals surface area contributed by atoms with Gasteiger partial charge in [0.1, 0.15) is 17.4 Å². The van der Waals surface area contributed by atoms with Crippen molar-refractivity contribution in [1.82, 2.24) is 14.9 Å². The van der Waals surface area contributed by atoms with Crippen molar-refractivity contribution in [1.29, 1.82) is 0 Å². The number of carbonyl (C=O) groups is 1. The molecule has 0 unspecified atom stereocenters. The first-order valence-corrected chi connectivity index (χ1v) is 10.4. The standard InChI is InChI=1S/C23H32N4O3/c1-16(2)23(28)27-12-10-26(11-13-27)22-20(21(15-29-4)24-17(3)25-22)14-18-6-8-19(30-5)9-7-18/h6-9,16H,10-15H2,1-5H3. The predicted octanol–water partition coefficient (Wildman–Crippen LogP) is 2.84. The Morgan fingerprint density at radius 3 is 2.30 bits per heavy atom. The molecule has 1 fully saturated rings. The Balaban J connectivity index is 1.88. The molecule has 7 nitrogen and oxygen atoms in total. The molecule has 1 aliphatic rings. The predicted molar refractivity (Wildman–Crippen MR) is 117 cm³/mol. The van der Waals surface area contributed by atoms with Gasteiger partial charge in [-0.2, -0.15) is 0 Å². The highest BCUT2D eigenvalue weighted by atomic mass is 16.5. The van der Waals surface area contributed by atoms with Gasteiger partial charge in [0.25, 0.3) is 0 Å². The Morgan fingerprint density at radius 1 is 1.07 bits per heavy atom. The minimum Gasteiger partial charge on any atom is -0.497 e. The van der Waals surface area contributed by atoms with Crippen LogP contribution in [0.3, 0.4) is 0 Å². The van der Waals surface area contributed by atoms with Gasteiger partial charge < -0.3 is 19.3 Å². The van der Waals surface area contributed by atoms with Gasteiger partial charge in [-0.15, -0.1) is 0 Å². The fraction of sp³-hybridized carbons (Fsp3) is 0.522. The lowest BCUT2D eigenvalue weighted by molar-refractivity contribution is -0.134. The number of anilines is 1. The number of ether oxygens (including phenoxy) is 2. The minimum atomic E-state index is 0.0248. The van der Waals surface area contributed by atoms with Crippen LogP contribution in [0.25, 0.3) is 0 Å². The zero-order chi connectivity index (χ0) is 21.7. The maximum atomic E-state index is 12.3. The number of aryl methyl sites for hydroxylation is 1. The number of nitrogens with zero attached hydrogens (tertiary/aromatic N) is 4. The second-order valence-electron chi connectivity index (χ2n) is 7.94. The van der Waals surface area contributed by atoms with Crippen LogP contribution in [0.1, 0.15) is 36.5 Å². The highest BCUT2D eigenvalue weighted by Crippen LogP contribution is 2.27. The van der Waals surface area contributed by atoms with E-state index in [2.05, 4.69) is 22.0 Å². The first kappa shape index (κ1) is 22.0. The number of carbonyl (C=O) groups excluding carboxylic acids is 1. The van der Waals surface area contributed by atoms with Gasteiger partial charge >= 0.3 is 0 Å². The molecule has 0 aliphatic carbocycles. The smallest absolute Gasteiger partial charge is 0.225 e. The van der Waals surface area contributed by atoms with Crippen LogP contribution < -0.4 is 9.64 Å². The fourth-order valence-electron chi connectivity index (χ4n) is 3.79. The number of aromatic nitrogens is 2. The van der Waals surface area contributed by atoms with Crippen molar-refractivity contribution in [2.45, 2.75) is 33.8 Å². The molecule has 3 rings (SSSR count). The molecule has 2 aromatic rings. The van der Waals surface area contributed by atoms with Gasteiger partial charge in [0.15, 0.2) is 0 Å². The normalized spacial score (nSPS) is 14.3. The molecule has 1 aromatic carbocycles. The average Bonchev–Trinajstić information content (AvgIpc) is 2.75. The summed E-state index contributed by atoms with van der Waals surface area (Å²) in [6.07, 6.45) is 0.712. The number of piperazine rings is 1. The third-order valence-electron chi connectivity index (χ3n) is 5.39. The fourth-order valence-corrected chi connectivity index (χ4v) is 3.79. The zero-order valence-corrected chi connectivity index (χ0v) is 18.6. The summed E-state index contributed by atoms with van der Waals surface area (Å²) in [4.78, 5) is 26.0. The van der Waals surface area contributed by atoms with E-state index in [-0.39, 0.29) is 11.8 Å². The summed E-state index contributed by atoms with van der Waals surface area (Å²) in [6.45, 7) is 9.20. The Labute approximate surface area is 179 Å². The van der Waals surface area contributed by atoms with Crippen molar-refractivity contribution < 1.29 is 14.3 Å². The van der Waals surface area contributed by atoms with Crippen molar-refractivity contribution in [3.05, 3.63) is 46.9 Å². The maximum Gasteiger partial charge on any atom is 0.225 e. The van der Waals surface area contributed by atoms with E-state index < -0.39 is 0 Å². The van der Waals surface area contributed by atoms with E-state index in [1.807, 2.05) is 37.8 Å². The number of hydrogen-bond donors (Lipinski definition) is 0. The molecule has 1 saturated heterocycles. The van der Waals surface area contributed by atoms with Crippen LogP contribution in [0.15, 0.2) is 24.3 Å². The maximum absolute atomic E-state index is 12.3. The zero-order valence-electron chi connectivity index (χ0n) is 18.6. The van der Waals surface area contributed by atoms with Gasteiger partial charge in [-0.25, -0.2) is 9.97 Å². The first-order chi connectivity index (χ1) is 14.4. The molecular formula is C23H32N4O3. The molecule has 1 aliphatic heterocycles. The molecule has 0 atom stereocenters. The Bertz CT molecular complexity index is 859. The van der Waals surface area contributed by atoms with Gasteiger partial charge in [-0.05, 0) is 24.6 Å². The molecule has 2 heterocycles. The topological polar surface area (TPSA) is 67.8 Å². The first-order valence-electron chi connectivity index (χ1n) is 10.4. The number of methoxy groups -OCH3 is 2. The van der Waals surface area contributed by atoms with Crippen LogP contribution in [0.2, 0.25) is 0 Å². The lowest BCUT2D eigenvalue weighted by Gasteiger charge is -2.37. The molecule has 1 amide bonds. The van der Waals surface area contributed by atoms with Crippen molar-refractivity contribution in [2.24, 2.45) is 5.92 Å². The Hall–Kier alpha value is -2.67. The number of hydrogen-bond acceptors (Lipinski definition) is 6. The van der Waals surface area contributed by atoms with Gasteiger partial charge in [0, 0.05) is 51.2 Å². The van der Waals surface area contributed by atoms with Crippen LogP contribution in [-0.2, 0) is 22.6 Å². The van der Waals surface area contributed by atoms with Crippen molar-refractivity contribution in [2.75, 3.05) is 45.3 Å². The van der Waals surface area contributed by atoms with Crippen LogP contribution >= 0.6 is 0 Å². The third kappa shape index (κ3) is 5.08. The largest absolute Gasteiger partial charge is 0.497 e. The summed E-state index contributed by atoms with van der Waals surface area (Å²) in [7, 11) is 3.35. The molecule has 0 spiro atoms. The average molecular weight is 413 g/mol. The van der Waals surface area contributed by atoms with Crippen LogP contribution in [0.4, 0.5) is 5.82 Å². The molecule has 0 N–H and O–H groups in total. The van der Waals surface area contributed by atoms with Crippen molar-refractivity contribution in [3.63, 3.8) is 0 Å². The summed E-state index contributed by atoms with van der Waals surface area (Å²) < 4.78 is 10.7. The molecule has 30 heavy (non-hydrogen) atoms. The van der Waals surface area contributed by atoms with E-state index in [4.69, 9.17) is 14.5 Å². The summed E-state index contributed by atoms with van der Waals surface area (Å²) >= 11 is 0. The summed E-state index contributed by atoms with van der Waals surface area (Å²) in [6, 6.07) is 8.07. The van der Waals surface area contributed by atoms with Gasteiger partial charge in [-0.1, -0.05) is 26.0 Å². The molecule has 7 heteroatoms. The lowest BCUT2D eigenvalue weighted by atomic mass is 10.0. The Morgan fingerprint density at radius 2 is 1.73 bits per heavy atom. The van der Waals surface area contributed by atoms with Gasteiger partial charge in [0.2, 0.25) is 5.91 Å². The van der Waals surface area contributed by atoms with E-state index in [9.17, 15) is 4.79 Å². The summed E-state index contributed by atoms with van der Waals surface area (Å²) in [5, 5.41) is 0. The summed E-state index contributed by atoms with van der Waals surface area (Å²) in [5.74, 6) is 2.75. The highest BCUT2D eigenvalue weighted by Gasteiger charge is 2.26. The second kappa shape index (κ2) is 9.89. The van der Waals surface area contributed by atoms with E-state index >= 15 is 0 Å². The number of amides is 1. The van der Waals surface area contributed by atoms with Crippen molar-refractivity contribution in [3.8, 4) is 5.75 Å². The van der Waals surface area contributed by atoms with E-state index in [1.165, 1.54) is 0 Å². The Kier molecular flexibility index (Phi) is 7.26. The molecular weight excluding hydrogens is 380 g/mol. The van der Waals surface area contributed by atoms with Crippen LogP contribution in [0.5, 0.6) is 5.75 Å². The highest BCUT2D eigenvalue weighted by molar-refractivity contribution is 5.78. The molecule has 0 bridgehead atoms. The molecule has 0 radical (unpaired) electrons. The van der Waals surface area contributed by atoms with Crippen molar-refractivity contribution >= 4 is 11.7 Å². The quantitative estimate of drug-likeness (QED) is 0.697. The number of benzene rings is 1. The van der Waals surface area contributed by atoms with E-state index in [1.54, 1.807) is 14.2 Å². The minimum absolute atomic E-state index is 0.0248. The number of rotatable bonds is 7.